The first-order valence-corrected chi connectivity index (χ1v) is 6.62. The van der Waals surface area contributed by atoms with E-state index in [0.717, 1.165) is 0 Å². The number of anilines is 1. The number of phenols is 1. The standard InChI is InChI=1S/C17H12FN3O/c1-2-9-19-16-13-10-11(18)7-8-14(13)20-17(21-16)12-5-3-4-6-15(12)22/h1,3-8,10,22H,9H2,(H,19,20,21). The largest absolute Gasteiger partial charge is 0.507 e. The molecular weight excluding hydrogens is 281 g/mol. The molecule has 0 saturated carbocycles. The van der Waals surface area contributed by atoms with Gasteiger partial charge in [-0.05, 0) is 30.3 Å². The first kappa shape index (κ1) is 13.8. The van der Waals surface area contributed by atoms with Gasteiger partial charge < -0.3 is 10.4 Å². The minimum Gasteiger partial charge on any atom is -0.507 e. The number of aromatic hydroxyl groups is 1. The van der Waals surface area contributed by atoms with Crippen molar-refractivity contribution >= 4 is 16.7 Å². The van der Waals surface area contributed by atoms with E-state index in [1.807, 2.05) is 0 Å². The molecule has 0 spiro atoms. The van der Waals surface area contributed by atoms with Crippen LogP contribution >= 0.6 is 0 Å². The average Bonchev–Trinajstić information content (AvgIpc) is 2.53. The Morgan fingerprint density at radius 1 is 1.18 bits per heavy atom. The molecule has 0 fully saturated rings. The Labute approximate surface area is 126 Å². The van der Waals surface area contributed by atoms with Gasteiger partial charge in [0.15, 0.2) is 5.82 Å². The maximum atomic E-state index is 13.5. The molecule has 0 bridgehead atoms. The molecule has 0 aliphatic heterocycles. The second-order valence-corrected chi connectivity index (χ2v) is 4.63. The Bertz CT molecular complexity index is 887. The van der Waals surface area contributed by atoms with E-state index in [2.05, 4.69) is 21.2 Å². The van der Waals surface area contributed by atoms with Crippen LogP contribution < -0.4 is 5.32 Å². The van der Waals surface area contributed by atoms with Gasteiger partial charge >= 0.3 is 0 Å². The number of hydrogen-bond donors (Lipinski definition) is 2. The zero-order valence-corrected chi connectivity index (χ0v) is 11.5. The Morgan fingerprint density at radius 3 is 2.77 bits per heavy atom. The molecule has 2 aromatic carbocycles. The molecule has 0 aliphatic carbocycles. The minimum atomic E-state index is -0.379. The van der Waals surface area contributed by atoms with Gasteiger partial charge in [0.1, 0.15) is 17.4 Å². The van der Waals surface area contributed by atoms with Crippen molar-refractivity contribution in [2.75, 3.05) is 11.9 Å². The minimum absolute atomic E-state index is 0.0758. The first-order chi connectivity index (χ1) is 10.7. The summed E-state index contributed by atoms with van der Waals surface area (Å²) in [6, 6.07) is 11.0. The third-order valence-corrected chi connectivity index (χ3v) is 3.16. The number of hydrogen-bond acceptors (Lipinski definition) is 4. The summed E-state index contributed by atoms with van der Waals surface area (Å²) >= 11 is 0. The highest BCUT2D eigenvalue weighted by Gasteiger charge is 2.12. The highest BCUT2D eigenvalue weighted by atomic mass is 19.1. The van der Waals surface area contributed by atoms with Crippen LogP contribution in [0.5, 0.6) is 5.75 Å². The predicted molar refractivity (Wildman–Crippen MR) is 83.9 cm³/mol. The van der Waals surface area contributed by atoms with Gasteiger partial charge in [-0.2, -0.15) is 0 Å². The fraction of sp³-hybridized carbons (Fsp3) is 0.0588. The summed E-state index contributed by atoms with van der Waals surface area (Å²) in [4.78, 5) is 8.75. The maximum Gasteiger partial charge on any atom is 0.165 e. The van der Waals surface area contributed by atoms with Crippen molar-refractivity contribution in [1.29, 1.82) is 0 Å². The molecule has 0 radical (unpaired) electrons. The van der Waals surface area contributed by atoms with Crippen LogP contribution in [0.1, 0.15) is 0 Å². The number of benzene rings is 2. The Hall–Kier alpha value is -3.13. The maximum absolute atomic E-state index is 13.5. The summed E-state index contributed by atoms with van der Waals surface area (Å²) in [6.45, 7) is 0.253. The van der Waals surface area contributed by atoms with Gasteiger partial charge in [0.2, 0.25) is 0 Å². The molecule has 108 valence electrons. The predicted octanol–water partition coefficient (Wildman–Crippen LogP) is 3.19. The summed E-state index contributed by atoms with van der Waals surface area (Å²) in [5, 5.41) is 13.4. The zero-order valence-electron chi connectivity index (χ0n) is 11.5. The van der Waals surface area contributed by atoms with Gasteiger partial charge in [-0.1, -0.05) is 18.1 Å². The second kappa shape index (κ2) is 5.70. The van der Waals surface area contributed by atoms with Gasteiger partial charge in [-0.15, -0.1) is 6.42 Å². The highest BCUT2D eigenvalue weighted by molar-refractivity contribution is 5.91. The van der Waals surface area contributed by atoms with Crippen molar-refractivity contribution in [2.24, 2.45) is 0 Å². The van der Waals surface area contributed by atoms with Crippen LogP contribution in [0.4, 0.5) is 10.2 Å². The van der Waals surface area contributed by atoms with Gasteiger partial charge in [-0.25, -0.2) is 14.4 Å². The molecule has 1 aromatic heterocycles. The summed E-state index contributed by atoms with van der Waals surface area (Å²) in [5.41, 5.74) is 1.06. The molecule has 4 nitrogen and oxygen atoms in total. The van der Waals surface area contributed by atoms with Gasteiger partial charge in [0.05, 0.1) is 17.6 Å². The Kier molecular flexibility index (Phi) is 3.58. The number of rotatable bonds is 3. The van der Waals surface area contributed by atoms with E-state index in [1.165, 1.54) is 12.1 Å². The fourth-order valence-electron chi connectivity index (χ4n) is 2.15. The number of nitrogens with one attached hydrogen (secondary N) is 1. The van der Waals surface area contributed by atoms with Gasteiger partial charge in [0, 0.05) is 5.39 Å². The van der Waals surface area contributed by atoms with Crippen molar-refractivity contribution in [1.82, 2.24) is 9.97 Å². The van der Waals surface area contributed by atoms with Crippen LogP contribution in [0, 0.1) is 18.2 Å². The molecule has 5 heteroatoms. The SMILES string of the molecule is C#CCNc1nc(-c2ccccc2O)nc2ccc(F)cc12. The van der Waals surface area contributed by atoms with E-state index < -0.39 is 0 Å². The molecule has 22 heavy (non-hydrogen) atoms. The first-order valence-electron chi connectivity index (χ1n) is 6.62. The van der Waals surface area contributed by atoms with Crippen LogP contribution in [0.15, 0.2) is 42.5 Å². The van der Waals surface area contributed by atoms with Crippen LogP contribution in [-0.4, -0.2) is 21.6 Å². The molecule has 3 rings (SSSR count). The number of fused-ring (bicyclic) bond motifs is 1. The fourth-order valence-corrected chi connectivity index (χ4v) is 2.15. The Balaban J connectivity index is 2.23. The number of terminal acetylenes is 1. The van der Waals surface area contributed by atoms with E-state index in [-0.39, 0.29) is 18.1 Å². The van der Waals surface area contributed by atoms with E-state index >= 15 is 0 Å². The summed E-state index contributed by atoms with van der Waals surface area (Å²) < 4.78 is 13.5. The van der Waals surface area contributed by atoms with Crippen molar-refractivity contribution in [3.63, 3.8) is 0 Å². The number of nitrogens with zero attached hydrogens (tertiary/aromatic N) is 2. The van der Waals surface area contributed by atoms with E-state index in [4.69, 9.17) is 6.42 Å². The monoisotopic (exact) mass is 293 g/mol. The van der Waals surface area contributed by atoms with Crippen LogP contribution in [-0.2, 0) is 0 Å². The molecular formula is C17H12FN3O. The third kappa shape index (κ3) is 2.54. The quantitative estimate of drug-likeness (QED) is 0.728. The number of aromatic nitrogens is 2. The number of phenolic OH excluding ortho intramolecular Hbond substituents is 1. The normalized spacial score (nSPS) is 10.4. The lowest BCUT2D eigenvalue weighted by Gasteiger charge is -2.10. The van der Waals surface area contributed by atoms with Crippen molar-refractivity contribution < 1.29 is 9.50 Å². The van der Waals surface area contributed by atoms with E-state index in [1.54, 1.807) is 30.3 Å². The van der Waals surface area contributed by atoms with Crippen molar-refractivity contribution in [3.05, 3.63) is 48.3 Å². The summed E-state index contributed by atoms with van der Waals surface area (Å²) in [5.74, 6) is 2.92. The van der Waals surface area contributed by atoms with E-state index in [0.29, 0.717) is 28.1 Å². The van der Waals surface area contributed by atoms with Gasteiger partial charge in [0.25, 0.3) is 0 Å². The van der Waals surface area contributed by atoms with Crippen LogP contribution in [0.3, 0.4) is 0 Å². The summed E-state index contributed by atoms with van der Waals surface area (Å²) in [7, 11) is 0. The third-order valence-electron chi connectivity index (χ3n) is 3.16. The van der Waals surface area contributed by atoms with Crippen LogP contribution in [0.25, 0.3) is 22.3 Å². The average molecular weight is 293 g/mol. The lowest BCUT2D eigenvalue weighted by molar-refractivity contribution is 0.477. The second-order valence-electron chi connectivity index (χ2n) is 4.63. The van der Waals surface area contributed by atoms with Crippen LogP contribution in [0.2, 0.25) is 0 Å². The zero-order chi connectivity index (χ0) is 15.5. The topological polar surface area (TPSA) is 58.0 Å². The molecule has 0 unspecified atom stereocenters. The molecule has 0 atom stereocenters. The lowest BCUT2D eigenvalue weighted by Crippen LogP contribution is -2.04. The number of para-hydroxylation sites is 1. The molecule has 0 amide bonds. The van der Waals surface area contributed by atoms with Crippen molar-refractivity contribution in [2.45, 2.75) is 0 Å². The molecule has 2 N–H and O–H groups in total. The van der Waals surface area contributed by atoms with Crippen molar-refractivity contribution in [3.8, 4) is 29.5 Å². The molecule has 0 aliphatic rings. The van der Waals surface area contributed by atoms with Gasteiger partial charge in [-0.3, -0.25) is 0 Å². The molecule has 0 saturated heterocycles. The highest BCUT2D eigenvalue weighted by Crippen LogP contribution is 2.30. The summed E-state index contributed by atoms with van der Waals surface area (Å²) in [6.07, 6.45) is 5.25. The smallest absolute Gasteiger partial charge is 0.165 e. The Morgan fingerprint density at radius 2 is 2.00 bits per heavy atom. The molecule has 3 aromatic rings. The number of halogens is 1. The van der Waals surface area contributed by atoms with E-state index in [9.17, 15) is 9.50 Å². The molecule has 1 heterocycles. The lowest BCUT2D eigenvalue weighted by atomic mass is 10.1.